The zero-order chi connectivity index (χ0) is 22.3. The molecule has 2 aliphatic heterocycles. The summed E-state index contributed by atoms with van der Waals surface area (Å²) in [4.78, 5) is 15.2. The van der Waals surface area contributed by atoms with Gasteiger partial charge in [-0.25, -0.2) is 13.1 Å². The topological polar surface area (TPSA) is 94.2 Å². The standard InChI is InChI=1S/C23H26N2O6S/c1-29-20-9-5-16(14-22(20)32(27,28)24-17-6-7-17)23(26)25-10-2-3-18(25)15-4-8-19-21(13-15)31-12-11-30-19/h4-5,8-9,13-14,17-18,24H,2-3,6-7,10-12H2,1H3/t18-/m1/s1. The number of rotatable bonds is 6. The number of fused-ring (bicyclic) bond motifs is 1. The van der Waals surface area contributed by atoms with Crippen molar-refractivity contribution in [2.24, 2.45) is 0 Å². The van der Waals surface area contributed by atoms with Gasteiger partial charge in [-0.2, -0.15) is 0 Å². The number of sulfonamides is 1. The van der Waals surface area contributed by atoms with E-state index >= 15 is 0 Å². The Balaban J connectivity index is 1.43. The number of hydrogen-bond acceptors (Lipinski definition) is 6. The first-order chi connectivity index (χ1) is 15.5. The van der Waals surface area contributed by atoms with Gasteiger partial charge in [0.25, 0.3) is 5.91 Å². The van der Waals surface area contributed by atoms with Crippen molar-refractivity contribution in [1.29, 1.82) is 0 Å². The Hall–Kier alpha value is -2.78. The molecule has 8 nitrogen and oxygen atoms in total. The summed E-state index contributed by atoms with van der Waals surface area (Å²) in [5, 5.41) is 0. The summed E-state index contributed by atoms with van der Waals surface area (Å²) < 4.78 is 44.9. The van der Waals surface area contributed by atoms with Crippen LogP contribution >= 0.6 is 0 Å². The zero-order valence-electron chi connectivity index (χ0n) is 17.9. The lowest BCUT2D eigenvalue weighted by Crippen LogP contribution is -2.31. The van der Waals surface area contributed by atoms with E-state index in [0.717, 1.165) is 31.2 Å². The number of ether oxygens (including phenoxy) is 3. The third kappa shape index (κ3) is 4.02. The molecule has 0 unspecified atom stereocenters. The number of nitrogens with zero attached hydrogens (tertiary/aromatic N) is 1. The second kappa shape index (κ2) is 8.29. The van der Waals surface area contributed by atoms with Crippen molar-refractivity contribution < 1.29 is 27.4 Å². The Morgan fingerprint density at radius 3 is 2.59 bits per heavy atom. The van der Waals surface area contributed by atoms with Gasteiger partial charge in [-0.15, -0.1) is 0 Å². The molecule has 1 aliphatic carbocycles. The molecule has 0 aromatic heterocycles. The van der Waals surface area contributed by atoms with Gasteiger partial charge in [-0.3, -0.25) is 4.79 Å². The fourth-order valence-electron chi connectivity index (χ4n) is 4.29. The van der Waals surface area contributed by atoms with E-state index in [2.05, 4.69) is 4.72 Å². The fraction of sp³-hybridized carbons (Fsp3) is 0.435. The van der Waals surface area contributed by atoms with Crippen LogP contribution in [0.15, 0.2) is 41.3 Å². The second-order valence-electron chi connectivity index (χ2n) is 8.32. The molecule has 2 fully saturated rings. The Labute approximate surface area is 187 Å². The first-order valence-corrected chi connectivity index (χ1v) is 12.4. The molecule has 0 spiro atoms. The Morgan fingerprint density at radius 1 is 1.06 bits per heavy atom. The third-order valence-electron chi connectivity index (χ3n) is 6.06. The largest absolute Gasteiger partial charge is 0.495 e. The average molecular weight is 459 g/mol. The molecule has 1 N–H and O–H groups in total. The fourth-order valence-corrected chi connectivity index (χ4v) is 5.79. The molecule has 0 bridgehead atoms. The van der Waals surface area contributed by atoms with Crippen LogP contribution in [0.1, 0.15) is 47.6 Å². The second-order valence-corrected chi connectivity index (χ2v) is 10.0. The molecular formula is C23H26N2O6S. The molecule has 0 radical (unpaired) electrons. The molecule has 1 saturated heterocycles. The van der Waals surface area contributed by atoms with Crippen LogP contribution in [0, 0.1) is 0 Å². The van der Waals surface area contributed by atoms with Crippen molar-refractivity contribution in [2.75, 3.05) is 26.9 Å². The maximum absolute atomic E-state index is 13.4. The highest BCUT2D eigenvalue weighted by Crippen LogP contribution is 2.39. The number of carbonyl (C=O) groups is 1. The summed E-state index contributed by atoms with van der Waals surface area (Å²) in [5.41, 5.74) is 1.31. The van der Waals surface area contributed by atoms with E-state index in [1.807, 2.05) is 18.2 Å². The van der Waals surface area contributed by atoms with Gasteiger partial charge in [0.05, 0.1) is 13.2 Å². The van der Waals surface area contributed by atoms with Gasteiger partial charge in [0.15, 0.2) is 11.5 Å². The van der Waals surface area contributed by atoms with Crippen LogP contribution < -0.4 is 18.9 Å². The molecule has 1 atom stereocenters. The Bertz CT molecular complexity index is 1150. The Kier molecular flexibility index (Phi) is 5.46. The molecule has 1 amide bonds. The lowest BCUT2D eigenvalue weighted by Gasteiger charge is -2.27. The van der Waals surface area contributed by atoms with Gasteiger partial charge in [0, 0.05) is 18.2 Å². The first kappa shape index (κ1) is 21.1. The molecule has 2 aromatic rings. The summed E-state index contributed by atoms with van der Waals surface area (Å²) in [7, 11) is -2.35. The minimum absolute atomic E-state index is 0.00664. The van der Waals surface area contributed by atoms with E-state index in [1.165, 1.54) is 13.2 Å². The lowest BCUT2D eigenvalue weighted by molar-refractivity contribution is 0.0735. The minimum Gasteiger partial charge on any atom is -0.495 e. The van der Waals surface area contributed by atoms with Crippen molar-refractivity contribution in [3.8, 4) is 17.2 Å². The van der Waals surface area contributed by atoms with E-state index in [-0.39, 0.29) is 28.6 Å². The SMILES string of the molecule is COc1ccc(C(=O)N2CCC[C@@H]2c2ccc3c(c2)OCCO3)cc1S(=O)(=O)NC1CC1. The maximum Gasteiger partial charge on any atom is 0.254 e. The van der Waals surface area contributed by atoms with E-state index in [9.17, 15) is 13.2 Å². The Morgan fingerprint density at radius 2 is 1.84 bits per heavy atom. The highest BCUT2D eigenvalue weighted by Gasteiger charge is 2.34. The van der Waals surface area contributed by atoms with E-state index < -0.39 is 10.0 Å². The zero-order valence-corrected chi connectivity index (χ0v) is 18.7. The first-order valence-electron chi connectivity index (χ1n) is 10.9. The number of methoxy groups -OCH3 is 1. The van der Waals surface area contributed by atoms with Gasteiger partial charge in [-0.1, -0.05) is 6.07 Å². The van der Waals surface area contributed by atoms with Crippen LogP contribution in [0.25, 0.3) is 0 Å². The number of hydrogen-bond donors (Lipinski definition) is 1. The summed E-state index contributed by atoms with van der Waals surface area (Å²) in [6.45, 7) is 1.63. The molecular weight excluding hydrogens is 432 g/mol. The molecule has 2 heterocycles. The normalized spacial score (nSPS) is 20.3. The van der Waals surface area contributed by atoms with Gasteiger partial charge < -0.3 is 19.1 Å². The number of likely N-dealkylation sites (tertiary alicyclic amines) is 1. The van der Waals surface area contributed by atoms with Crippen molar-refractivity contribution in [3.05, 3.63) is 47.5 Å². The summed E-state index contributed by atoms with van der Waals surface area (Å²) in [6.07, 6.45) is 3.35. The van der Waals surface area contributed by atoms with Gasteiger partial charge in [-0.05, 0) is 61.6 Å². The van der Waals surface area contributed by atoms with Crippen molar-refractivity contribution in [2.45, 2.75) is 42.7 Å². The van der Waals surface area contributed by atoms with Crippen LogP contribution in [0.2, 0.25) is 0 Å². The smallest absolute Gasteiger partial charge is 0.254 e. The van der Waals surface area contributed by atoms with Crippen LogP contribution in [-0.4, -0.2) is 52.1 Å². The number of nitrogens with one attached hydrogen (secondary N) is 1. The summed E-state index contributed by atoms with van der Waals surface area (Å²) in [5.74, 6) is 1.42. The number of amides is 1. The molecule has 1 saturated carbocycles. The molecule has 9 heteroatoms. The van der Waals surface area contributed by atoms with Crippen LogP contribution in [0.5, 0.6) is 17.2 Å². The molecule has 170 valence electrons. The van der Waals surface area contributed by atoms with Crippen LogP contribution in [0.3, 0.4) is 0 Å². The van der Waals surface area contributed by atoms with Gasteiger partial charge >= 0.3 is 0 Å². The van der Waals surface area contributed by atoms with E-state index in [4.69, 9.17) is 14.2 Å². The minimum atomic E-state index is -3.77. The molecule has 32 heavy (non-hydrogen) atoms. The maximum atomic E-state index is 13.4. The predicted molar refractivity (Wildman–Crippen MR) is 117 cm³/mol. The summed E-state index contributed by atoms with van der Waals surface area (Å²) >= 11 is 0. The van der Waals surface area contributed by atoms with Gasteiger partial charge in [0.2, 0.25) is 10.0 Å². The number of carbonyl (C=O) groups excluding carboxylic acids is 1. The quantitative estimate of drug-likeness (QED) is 0.715. The van der Waals surface area contributed by atoms with Crippen molar-refractivity contribution >= 4 is 15.9 Å². The molecule has 3 aliphatic rings. The van der Waals surface area contributed by atoms with E-state index in [0.29, 0.717) is 36.8 Å². The monoisotopic (exact) mass is 458 g/mol. The van der Waals surface area contributed by atoms with E-state index in [1.54, 1.807) is 17.0 Å². The van der Waals surface area contributed by atoms with Crippen molar-refractivity contribution in [3.63, 3.8) is 0 Å². The summed E-state index contributed by atoms with van der Waals surface area (Å²) in [6, 6.07) is 10.2. The van der Waals surface area contributed by atoms with Crippen LogP contribution in [-0.2, 0) is 10.0 Å². The lowest BCUT2D eigenvalue weighted by atomic mass is 10.0. The predicted octanol–water partition coefficient (Wildman–Crippen LogP) is 2.88. The molecule has 2 aromatic carbocycles. The highest BCUT2D eigenvalue weighted by atomic mass is 32.2. The highest BCUT2D eigenvalue weighted by molar-refractivity contribution is 7.89. The molecule has 5 rings (SSSR count). The van der Waals surface area contributed by atoms with Crippen molar-refractivity contribution in [1.82, 2.24) is 9.62 Å². The van der Waals surface area contributed by atoms with Crippen LogP contribution in [0.4, 0.5) is 0 Å². The average Bonchev–Trinajstić information content (AvgIpc) is 3.47. The third-order valence-corrected chi connectivity index (χ3v) is 7.61. The van der Waals surface area contributed by atoms with Gasteiger partial charge in [0.1, 0.15) is 23.9 Å². The number of benzene rings is 2.